The molecule has 0 radical (unpaired) electrons. The van der Waals surface area contributed by atoms with E-state index in [-0.39, 0.29) is 17.9 Å². The van der Waals surface area contributed by atoms with E-state index in [4.69, 9.17) is 9.15 Å². The molecule has 0 aliphatic heterocycles. The maximum absolute atomic E-state index is 13.5. The lowest BCUT2D eigenvalue weighted by Gasteiger charge is -2.16. The Bertz CT molecular complexity index is 1060. The van der Waals surface area contributed by atoms with Crippen LogP contribution >= 0.6 is 0 Å². The fourth-order valence-corrected chi connectivity index (χ4v) is 2.94. The van der Waals surface area contributed by atoms with Crippen molar-refractivity contribution in [3.05, 3.63) is 77.7 Å². The monoisotopic (exact) mass is 432 g/mol. The van der Waals surface area contributed by atoms with Crippen LogP contribution in [0.5, 0.6) is 5.75 Å². The topological polar surface area (TPSA) is 80.6 Å². The van der Waals surface area contributed by atoms with Crippen molar-refractivity contribution in [3.63, 3.8) is 0 Å². The standard InChI is InChI=1S/C22H19F3N2O4/c1-30-18-6-3-2-5-14(18)8-11-20(28)27-17-10-9-15(13-16(17)22(23,24)25)26-21(29)19-7-4-12-31-19/h2-7,9-10,12-13H,8,11H2,1H3,(H,26,29)(H,27,28). The third kappa shape index (κ3) is 5.65. The van der Waals surface area contributed by atoms with Gasteiger partial charge in [-0.1, -0.05) is 18.2 Å². The number of hydrogen-bond donors (Lipinski definition) is 2. The van der Waals surface area contributed by atoms with E-state index in [1.165, 1.54) is 31.6 Å². The molecule has 0 unspecified atom stereocenters. The van der Waals surface area contributed by atoms with Gasteiger partial charge in [-0.15, -0.1) is 0 Å². The number of aryl methyl sites for hydroxylation is 1. The van der Waals surface area contributed by atoms with Crippen LogP contribution in [0.2, 0.25) is 0 Å². The van der Waals surface area contributed by atoms with Crippen LogP contribution in [0.3, 0.4) is 0 Å². The second-order valence-electron chi connectivity index (χ2n) is 6.55. The van der Waals surface area contributed by atoms with Crippen LogP contribution in [0.15, 0.2) is 65.3 Å². The van der Waals surface area contributed by atoms with E-state index in [2.05, 4.69) is 10.6 Å². The first-order valence-corrected chi connectivity index (χ1v) is 9.26. The lowest BCUT2D eigenvalue weighted by atomic mass is 10.1. The molecule has 2 amide bonds. The van der Waals surface area contributed by atoms with Gasteiger partial charge in [0.05, 0.1) is 24.6 Å². The second kappa shape index (κ2) is 9.38. The first-order chi connectivity index (χ1) is 14.8. The Morgan fingerprint density at radius 3 is 2.48 bits per heavy atom. The first-order valence-electron chi connectivity index (χ1n) is 9.26. The van der Waals surface area contributed by atoms with Crippen LogP contribution in [0, 0.1) is 0 Å². The van der Waals surface area contributed by atoms with Crippen molar-refractivity contribution < 1.29 is 31.9 Å². The molecule has 0 atom stereocenters. The van der Waals surface area contributed by atoms with Gasteiger partial charge in [-0.05, 0) is 48.4 Å². The molecule has 162 valence electrons. The molecule has 2 aromatic carbocycles. The number of carbonyl (C=O) groups is 2. The molecule has 1 aromatic heterocycles. The molecule has 6 nitrogen and oxygen atoms in total. The summed E-state index contributed by atoms with van der Waals surface area (Å²) < 4.78 is 50.8. The Kier molecular flexibility index (Phi) is 6.64. The van der Waals surface area contributed by atoms with E-state index in [0.29, 0.717) is 12.2 Å². The minimum atomic E-state index is -4.74. The Balaban J connectivity index is 1.72. The molecule has 0 bridgehead atoms. The molecule has 0 spiro atoms. The second-order valence-corrected chi connectivity index (χ2v) is 6.55. The molecule has 1 heterocycles. The Morgan fingerprint density at radius 2 is 1.81 bits per heavy atom. The van der Waals surface area contributed by atoms with E-state index in [9.17, 15) is 22.8 Å². The van der Waals surface area contributed by atoms with Crippen LogP contribution in [-0.4, -0.2) is 18.9 Å². The fraction of sp³-hybridized carbons (Fsp3) is 0.182. The van der Waals surface area contributed by atoms with Crippen LogP contribution in [-0.2, 0) is 17.4 Å². The number of carbonyl (C=O) groups excluding carboxylic acids is 2. The number of alkyl halides is 3. The largest absolute Gasteiger partial charge is 0.496 e. The summed E-state index contributed by atoms with van der Waals surface area (Å²) in [4.78, 5) is 24.3. The van der Waals surface area contributed by atoms with Crippen molar-refractivity contribution in [2.45, 2.75) is 19.0 Å². The molecule has 9 heteroatoms. The molecular formula is C22H19F3N2O4. The van der Waals surface area contributed by atoms with Crippen molar-refractivity contribution >= 4 is 23.2 Å². The van der Waals surface area contributed by atoms with Crippen molar-refractivity contribution in [1.82, 2.24) is 0 Å². The zero-order valence-electron chi connectivity index (χ0n) is 16.5. The SMILES string of the molecule is COc1ccccc1CCC(=O)Nc1ccc(NC(=O)c2ccco2)cc1C(F)(F)F. The van der Waals surface area contributed by atoms with Gasteiger partial charge in [0.15, 0.2) is 5.76 Å². The number of furan rings is 1. The maximum Gasteiger partial charge on any atom is 0.418 e. The summed E-state index contributed by atoms with van der Waals surface area (Å²) in [5, 5.41) is 4.64. The fourth-order valence-electron chi connectivity index (χ4n) is 2.94. The van der Waals surface area contributed by atoms with Crippen molar-refractivity contribution in [3.8, 4) is 5.75 Å². The molecule has 0 aliphatic rings. The zero-order chi connectivity index (χ0) is 22.4. The lowest BCUT2D eigenvalue weighted by molar-refractivity contribution is -0.136. The normalized spacial score (nSPS) is 11.1. The molecule has 2 N–H and O–H groups in total. The highest BCUT2D eigenvalue weighted by molar-refractivity contribution is 6.02. The summed E-state index contributed by atoms with van der Waals surface area (Å²) in [6.45, 7) is 0. The first kappa shape index (κ1) is 21.9. The zero-order valence-corrected chi connectivity index (χ0v) is 16.5. The number of amides is 2. The molecule has 0 saturated heterocycles. The van der Waals surface area contributed by atoms with Crippen LogP contribution in [0.4, 0.5) is 24.5 Å². The predicted octanol–water partition coefficient (Wildman–Crippen LogP) is 5.13. The number of halogens is 3. The summed E-state index contributed by atoms with van der Waals surface area (Å²) in [5.41, 5.74) is -0.781. The highest BCUT2D eigenvalue weighted by Crippen LogP contribution is 2.37. The third-order valence-electron chi connectivity index (χ3n) is 4.42. The summed E-state index contributed by atoms with van der Waals surface area (Å²) in [5.74, 6) is -0.708. The summed E-state index contributed by atoms with van der Waals surface area (Å²) in [6, 6.07) is 13.1. The average Bonchev–Trinajstić information content (AvgIpc) is 3.28. The quantitative estimate of drug-likeness (QED) is 0.542. The number of ether oxygens (including phenoxy) is 1. The van der Waals surface area contributed by atoms with Gasteiger partial charge in [-0.25, -0.2) is 0 Å². The number of benzene rings is 2. The number of methoxy groups -OCH3 is 1. The van der Waals surface area contributed by atoms with Crippen molar-refractivity contribution in [1.29, 1.82) is 0 Å². The molecule has 0 aliphatic carbocycles. The number of nitrogens with one attached hydrogen (secondary N) is 2. The number of rotatable bonds is 7. The van der Waals surface area contributed by atoms with E-state index < -0.39 is 29.2 Å². The highest BCUT2D eigenvalue weighted by Gasteiger charge is 2.34. The Labute approximate surface area is 176 Å². The van der Waals surface area contributed by atoms with Crippen LogP contribution in [0.25, 0.3) is 0 Å². The number of para-hydroxylation sites is 1. The van der Waals surface area contributed by atoms with Crippen molar-refractivity contribution in [2.24, 2.45) is 0 Å². The van der Waals surface area contributed by atoms with Gasteiger partial charge in [-0.3, -0.25) is 9.59 Å². The molecule has 3 rings (SSSR count). The van der Waals surface area contributed by atoms with E-state index >= 15 is 0 Å². The van der Waals surface area contributed by atoms with Gasteiger partial charge in [0.25, 0.3) is 5.91 Å². The lowest BCUT2D eigenvalue weighted by Crippen LogP contribution is -2.18. The third-order valence-corrected chi connectivity index (χ3v) is 4.42. The van der Waals surface area contributed by atoms with Crippen LogP contribution < -0.4 is 15.4 Å². The Morgan fingerprint density at radius 1 is 1.03 bits per heavy atom. The van der Waals surface area contributed by atoms with Crippen molar-refractivity contribution in [2.75, 3.05) is 17.7 Å². The summed E-state index contributed by atoms with van der Waals surface area (Å²) >= 11 is 0. The molecule has 0 saturated carbocycles. The number of anilines is 2. The average molecular weight is 432 g/mol. The van der Waals surface area contributed by atoms with Gasteiger partial charge in [0.1, 0.15) is 5.75 Å². The molecule has 3 aromatic rings. The number of hydrogen-bond acceptors (Lipinski definition) is 4. The molecule has 31 heavy (non-hydrogen) atoms. The van der Waals surface area contributed by atoms with Gasteiger partial charge < -0.3 is 19.8 Å². The van der Waals surface area contributed by atoms with Gasteiger partial charge >= 0.3 is 6.18 Å². The smallest absolute Gasteiger partial charge is 0.418 e. The van der Waals surface area contributed by atoms with E-state index in [1.54, 1.807) is 24.3 Å². The minimum Gasteiger partial charge on any atom is -0.496 e. The Hall–Kier alpha value is -3.75. The minimum absolute atomic E-state index is 0.0331. The predicted molar refractivity (Wildman–Crippen MR) is 108 cm³/mol. The molecular weight excluding hydrogens is 413 g/mol. The van der Waals surface area contributed by atoms with Gasteiger partial charge in [0, 0.05) is 12.1 Å². The molecule has 0 fully saturated rings. The summed E-state index contributed by atoms with van der Waals surface area (Å²) in [6.07, 6.45) is -3.19. The van der Waals surface area contributed by atoms with E-state index in [0.717, 1.165) is 17.7 Å². The van der Waals surface area contributed by atoms with Gasteiger partial charge in [-0.2, -0.15) is 13.2 Å². The van der Waals surface area contributed by atoms with E-state index in [1.807, 2.05) is 0 Å². The summed E-state index contributed by atoms with van der Waals surface area (Å²) in [7, 11) is 1.50. The highest BCUT2D eigenvalue weighted by atomic mass is 19.4. The van der Waals surface area contributed by atoms with Crippen LogP contribution in [0.1, 0.15) is 28.1 Å². The maximum atomic E-state index is 13.5. The van der Waals surface area contributed by atoms with Gasteiger partial charge in [0.2, 0.25) is 5.91 Å².